The van der Waals surface area contributed by atoms with Gasteiger partial charge in [0.2, 0.25) is 0 Å². The molecule has 0 aliphatic carbocycles. The molecule has 3 heteroatoms. The molecular formula is C8H19KO2. The molecule has 64 valence electrons. The molecular weight excluding hydrogens is 167 g/mol. The molecule has 0 aliphatic rings. The summed E-state index contributed by atoms with van der Waals surface area (Å²) in [6.45, 7) is 2.58. The van der Waals surface area contributed by atoms with Gasteiger partial charge < -0.3 is 10.6 Å². The summed E-state index contributed by atoms with van der Waals surface area (Å²) in [5, 5.41) is 8.42. The van der Waals surface area contributed by atoms with Crippen LogP contribution in [0.25, 0.3) is 0 Å². The first-order chi connectivity index (χ1) is 4.41. The zero-order chi connectivity index (χ0) is 6.95. The molecule has 0 rings (SSSR count). The fraction of sp³-hybridized carbons (Fsp3) is 1.00. The molecule has 0 bridgehead atoms. The first-order valence-corrected chi connectivity index (χ1v) is 4.02. The molecule has 0 unspecified atom stereocenters. The Morgan fingerprint density at radius 2 is 1.36 bits per heavy atom. The van der Waals surface area contributed by atoms with Gasteiger partial charge in [0.05, 0.1) is 0 Å². The van der Waals surface area contributed by atoms with Crippen molar-refractivity contribution < 1.29 is 62.0 Å². The van der Waals surface area contributed by atoms with E-state index < -0.39 is 0 Å². The summed E-state index contributed by atoms with van der Waals surface area (Å²) in [7, 11) is 0. The zero-order valence-corrected chi connectivity index (χ0v) is 11.0. The number of aliphatic hydroxyl groups excluding tert-OH is 1. The summed E-state index contributed by atoms with van der Waals surface area (Å²) in [6.07, 6.45) is 7.50. The quantitative estimate of drug-likeness (QED) is 0.435. The molecule has 0 radical (unpaired) electrons. The van der Waals surface area contributed by atoms with Crippen molar-refractivity contribution in [3.8, 4) is 0 Å². The van der Waals surface area contributed by atoms with Gasteiger partial charge >= 0.3 is 51.4 Å². The molecule has 0 spiro atoms. The van der Waals surface area contributed by atoms with Crippen LogP contribution in [0.15, 0.2) is 0 Å². The Hall–Kier alpha value is 1.56. The van der Waals surface area contributed by atoms with Crippen LogP contribution in [0, 0.1) is 0 Å². The first-order valence-electron chi connectivity index (χ1n) is 4.02. The fourth-order valence-electron chi connectivity index (χ4n) is 0.892. The summed E-state index contributed by atoms with van der Waals surface area (Å²) in [5.74, 6) is 0. The Balaban J connectivity index is -0.000000320. The van der Waals surface area contributed by atoms with Crippen molar-refractivity contribution in [2.75, 3.05) is 6.61 Å². The molecule has 0 aromatic rings. The van der Waals surface area contributed by atoms with Crippen LogP contribution in [0.3, 0.4) is 0 Å². The van der Waals surface area contributed by atoms with Gasteiger partial charge in [-0.2, -0.15) is 0 Å². The molecule has 0 atom stereocenters. The largest absolute Gasteiger partial charge is 1.00 e. The third-order valence-corrected chi connectivity index (χ3v) is 1.51. The topological polar surface area (TPSA) is 50.2 Å². The molecule has 0 fully saturated rings. The van der Waals surface area contributed by atoms with E-state index in [4.69, 9.17) is 5.11 Å². The molecule has 0 amide bonds. The van der Waals surface area contributed by atoms with E-state index in [0.717, 1.165) is 6.42 Å². The van der Waals surface area contributed by atoms with Crippen molar-refractivity contribution in [2.45, 2.75) is 45.4 Å². The van der Waals surface area contributed by atoms with Crippen LogP contribution in [0.2, 0.25) is 0 Å². The first kappa shape index (κ1) is 18.4. The average Bonchev–Trinajstić information content (AvgIpc) is 1.89. The van der Waals surface area contributed by atoms with Gasteiger partial charge in [-0.05, 0) is 6.42 Å². The van der Waals surface area contributed by atoms with Crippen LogP contribution in [-0.2, 0) is 0 Å². The van der Waals surface area contributed by atoms with Crippen molar-refractivity contribution >= 4 is 0 Å². The van der Waals surface area contributed by atoms with E-state index in [1.165, 1.54) is 32.1 Å². The van der Waals surface area contributed by atoms with Crippen LogP contribution in [0.4, 0.5) is 0 Å². The molecule has 0 saturated heterocycles. The second kappa shape index (κ2) is 17.6. The third-order valence-electron chi connectivity index (χ3n) is 1.51. The van der Waals surface area contributed by atoms with E-state index in [1.807, 2.05) is 0 Å². The SMILES string of the molecule is CCCCCCCCO.[K+].[OH-]. The van der Waals surface area contributed by atoms with Crippen molar-refractivity contribution in [1.29, 1.82) is 0 Å². The van der Waals surface area contributed by atoms with Crippen LogP contribution >= 0.6 is 0 Å². The van der Waals surface area contributed by atoms with Crippen molar-refractivity contribution in [3.05, 3.63) is 0 Å². The van der Waals surface area contributed by atoms with Gasteiger partial charge in [0.25, 0.3) is 0 Å². The van der Waals surface area contributed by atoms with E-state index in [9.17, 15) is 0 Å². The predicted molar refractivity (Wildman–Crippen MR) is 42.4 cm³/mol. The molecule has 0 aliphatic heterocycles. The number of hydrogen-bond donors (Lipinski definition) is 1. The van der Waals surface area contributed by atoms with E-state index in [0.29, 0.717) is 6.61 Å². The van der Waals surface area contributed by atoms with E-state index in [1.54, 1.807) is 0 Å². The number of rotatable bonds is 6. The molecule has 11 heavy (non-hydrogen) atoms. The number of hydrogen-bond acceptors (Lipinski definition) is 2. The molecule has 2 nitrogen and oxygen atoms in total. The van der Waals surface area contributed by atoms with Gasteiger partial charge in [0.15, 0.2) is 0 Å². The Morgan fingerprint density at radius 1 is 0.909 bits per heavy atom. The molecule has 0 aromatic carbocycles. The molecule has 0 heterocycles. The Labute approximate surface area is 112 Å². The van der Waals surface area contributed by atoms with Gasteiger partial charge in [0.1, 0.15) is 0 Å². The molecule has 0 saturated carbocycles. The Morgan fingerprint density at radius 3 is 1.82 bits per heavy atom. The van der Waals surface area contributed by atoms with Crippen LogP contribution < -0.4 is 51.4 Å². The number of aliphatic hydroxyl groups is 1. The van der Waals surface area contributed by atoms with E-state index >= 15 is 0 Å². The second-order valence-corrected chi connectivity index (χ2v) is 2.49. The summed E-state index contributed by atoms with van der Waals surface area (Å²) in [6, 6.07) is 0. The standard InChI is InChI=1S/C8H18O.K.H2O/c1-2-3-4-5-6-7-8-9;;/h9H,2-8H2,1H3;;1H2/q;+1;/p-1. The average molecular weight is 186 g/mol. The number of unbranched alkanes of at least 4 members (excludes halogenated alkanes) is 5. The maximum Gasteiger partial charge on any atom is 1.00 e. The van der Waals surface area contributed by atoms with Crippen LogP contribution in [-0.4, -0.2) is 17.2 Å². The maximum atomic E-state index is 8.42. The smallest absolute Gasteiger partial charge is 0.870 e. The summed E-state index contributed by atoms with van der Waals surface area (Å²) in [5.41, 5.74) is 0. The van der Waals surface area contributed by atoms with Crippen molar-refractivity contribution in [2.24, 2.45) is 0 Å². The van der Waals surface area contributed by atoms with Gasteiger partial charge in [0, 0.05) is 6.61 Å². The van der Waals surface area contributed by atoms with Crippen LogP contribution in [0.5, 0.6) is 0 Å². The van der Waals surface area contributed by atoms with Crippen molar-refractivity contribution in [3.63, 3.8) is 0 Å². The zero-order valence-electron chi connectivity index (χ0n) is 7.84. The minimum atomic E-state index is 0. The maximum absolute atomic E-state index is 8.42. The van der Waals surface area contributed by atoms with Gasteiger partial charge in [-0.1, -0.05) is 39.0 Å². The van der Waals surface area contributed by atoms with Gasteiger partial charge in [-0.15, -0.1) is 0 Å². The van der Waals surface area contributed by atoms with Crippen molar-refractivity contribution in [1.82, 2.24) is 0 Å². The summed E-state index contributed by atoms with van der Waals surface area (Å²) < 4.78 is 0. The fourth-order valence-corrected chi connectivity index (χ4v) is 0.892. The normalized spacial score (nSPS) is 8.18. The third kappa shape index (κ3) is 18.5. The Kier molecular flexibility index (Phi) is 29.4. The molecule has 2 N–H and O–H groups in total. The minimum Gasteiger partial charge on any atom is -0.870 e. The van der Waals surface area contributed by atoms with Crippen LogP contribution in [0.1, 0.15) is 45.4 Å². The second-order valence-electron chi connectivity index (χ2n) is 2.49. The molecule has 0 aromatic heterocycles. The van der Waals surface area contributed by atoms with Gasteiger partial charge in [-0.3, -0.25) is 0 Å². The van der Waals surface area contributed by atoms with E-state index in [2.05, 4.69) is 6.92 Å². The Bertz CT molecular complexity index is 45.4. The van der Waals surface area contributed by atoms with E-state index in [-0.39, 0.29) is 56.9 Å². The predicted octanol–water partition coefficient (Wildman–Crippen LogP) is -0.834. The summed E-state index contributed by atoms with van der Waals surface area (Å²) >= 11 is 0. The minimum absolute atomic E-state index is 0. The summed E-state index contributed by atoms with van der Waals surface area (Å²) in [4.78, 5) is 0. The monoisotopic (exact) mass is 186 g/mol. The van der Waals surface area contributed by atoms with Gasteiger partial charge in [-0.25, -0.2) is 0 Å².